The molecule has 2 aromatic rings. The molecule has 0 fully saturated rings. The number of halogens is 1. The number of pyridine rings is 1. The third kappa shape index (κ3) is 2.38. The third-order valence-electron chi connectivity index (χ3n) is 3.98. The van der Waals surface area contributed by atoms with Gasteiger partial charge in [0.2, 0.25) is 0 Å². The lowest BCUT2D eigenvalue weighted by molar-refractivity contribution is 0.380. The van der Waals surface area contributed by atoms with Gasteiger partial charge in [-0.15, -0.1) is 0 Å². The fraction of sp³-hybridized carbons (Fsp3) is 0.267. The van der Waals surface area contributed by atoms with Gasteiger partial charge < -0.3 is 5.73 Å². The first-order valence-electron chi connectivity index (χ1n) is 6.63. The molecule has 1 heterocycles. The zero-order chi connectivity index (χ0) is 14.1. The van der Waals surface area contributed by atoms with Crippen LogP contribution in [0.15, 0.2) is 36.5 Å². The van der Waals surface area contributed by atoms with E-state index in [0.717, 1.165) is 18.4 Å². The summed E-state index contributed by atoms with van der Waals surface area (Å²) in [5.74, 6) is 6.60. The number of fused-ring (bicyclic) bond motifs is 1. The number of hydrogen-bond acceptors (Lipinski definition) is 4. The van der Waals surface area contributed by atoms with Crippen molar-refractivity contribution in [3.63, 3.8) is 0 Å². The molecule has 5 N–H and O–H groups in total. The van der Waals surface area contributed by atoms with Crippen LogP contribution in [0.3, 0.4) is 0 Å². The molecular weight excluding hydrogens is 272 g/mol. The number of anilines is 1. The summed E-state index contributed by atoms with van der Waals surface area (Å²) < 4.78 is 0. The van der Waals surface area contributed by atoms with Crippen molar-refractivity contribution in [2.75, 3.05) is 5.73 Å². The van der Waals surface area contributed by atoms with Crippen molar-refractivity contribution in [2.45, 2.75) is 18.9 Å². The Balaban J connectivity index is 1.91. The highest BCUT2D eigenvalue weighted by atomic mass is 35.5. The Bertz CT molecular complexity index is 604. The summed E-state index contributed by atoms with van der Waals surface area (Å²) >= 11 is 6.03. The maximum atomic E-state index is 6.03. The molecule has 0 radical (unpaired) electrons. The number of nitrogens with zero attached hydrogens (tertiary/aromatic N) is 1. The van der Waals surface area contributed by atoms with Crippen LogP contribution in [0.2, 0.25) is 5.02 Å². The van der Waals surface area contributed by atoms with Crippen LogP contribution in [0.25, 0.3) is 0 Å². The summed E-state index contributed by atoms with van der Waals surface area (Å²) in [5, 5.41) is 0.574. The van der Waals surface area contributed by atoms with Crippen molar-refractivity contribution in [1.82, 2.24) is 10.4 Å². The number of benzene rings is 1. The van der Waals surface area contributed by atoms with Crippen LogP contribution in [-0.4, -0.2) is 4.98 Å². The normalized spacial score (nSPS) is 16.1. The van der Waals surface area contributed by atoms with Gasteiger partial charge in [-0.2, -0.15) is 0 Å². The molecule has 104 valence electrons. The van der Waals surface area contributed by atoms with Gasteiger partial charge >= 0.3 is 0 Å². The van der Waals surface area contributed by atoms with Crippen LogP contribution < -0.4 is 17.0 Å². The molecule has 0 bridgehead atoms. The number of nitrogen functional groups attached to an aromatic ring is 1. The zero-order valence-electron chi connectivity index (χ0n) is 11.0. The molecule has 0 amide bonds. The first-order valence-corrected chi connectivity index (χ1v) is 7.00. The summed E-state index contributed by atoms with van der Waals surface area (Å²) in [7, 11) is 0. The topological polar surface area (TPSA) is 77.0 Å². The second-order valence-electron chi connectivity index (χ2n) is 5.21. The van der Waals surface area contributed by atoms with E-state index in [1.807, 2.05) is 6.07 Å². The van der Waals surface area contributed by atoms with Crippen LogP contribution >= 0.6 is 11.6 Å². The van der Waals surface area contributed by atoms with Crippen molar-refractivity contribution in [3.05, 3.63) is 58.2 Å². The first-order chi connectivity index (χ1) is 9.69. The van der Waals surface area contributed by atoms with Gasteiger partial charge in [-0.25, -0.2) is 4.98 Å². The third-order valence-corrected chi connectivity index (χ3v) is 4.19. The van der Waals surface area contributed by atoms with Gasteiger partial charge in [-0.1, -0.05) is 35.9 Å². The molecule has 1 atom stereocenters. The smallest absolute Gasteiger partial charge is 0.128 e. The van der Waals surface area contributed by atoms with E-state index >= 15 is 0 Å². The Morgan fingerprint density at radius 2 is 1.90 bits per heavy atom. The van der Waals surface area contributed by atoms with Gasteiger partial charge in [0.1, 0.15) is 5.82 Å². The van der Waals surface area contributed by atoms with E-state index in [-0.39, 0.29) is 6.04 Å². The largest absolute Gasteiger partial charge is 0.383 e. The van der Waals surface area contributed by atoms with E-state index in [1.165, 1.54) is 11.1 Å². The lowest BCUT2D eigenvalue weighted by atomic mass is 9.91. The summed E-state index contributed by atoms with van der Waals surface area (Å²) in [6.07, 6.45) is 3.52. The van der Waals surface area contributed by atoms with Crippen molar-refractivity contribution in [1.29, 1.82) is 0 Å². The molecule has 1 aromatic carbocycles. The molecule has 0 saturated heterocycles. The van der Waals surface area contributed by atoms with Gasteiger partial charge in [0.25, 0.3) is 0 Å². The summed E-state index contributed by atoms with van der Waals surface area (Å²) in [4.78, 5) is 4.12. The van der Waals surface area contributed by atoms with Crippen molar-refractivity contribution < 1.29 is 0 Å². The second-order valence-corrected chi connectivity index (χ2v) is 5.65. The van der Waals surface area contributed by atoms with Crippen LogP contribution in [0.5, 0.6) is 0 Å². The van der Waals surface area contributed by atoms with E-state index in [4.69, 9.17) is 23.2 Å². The number of hydrogen-bond donors (Lipinski definition) is 3. The Morgan fingerprint density at radius 3 is 2.50 bits per heavy atom. The molecule has 1 unspecified atom stereocenters. The highest BCUT2D eigenvalue weighted by molar-refractivity contribution is 6.30. The molecule has 3 rings (SSSR count). The zero-order valence-corrected chi connectivity index (χ0v) is 11.8. The van der Waals surface area contributed by atoms with Crippen LogP contribution in [0.1, 0.15) is 22.7 Å². The monoisotopic (exact) mass is 288 g/mol. The molecule has 0 spiro atoms. The minimum atomic E-state index is -0.0476. The molecule has 1 aliphatic rings. The highest BCUT2D eigenvalue weighted by Gasteiger charge is 2.30. The van der Waals surface area contributed by atoms with E-state index < -0.39 is 0 Å². The Labute approximate surface area is 123 Å². The maximum absolute atomic E-state index is 6.03. The number of aromatic nitrogens is 1. The second kappa shape index (κ2) is 5.40. The lowest BCUT2D eigenvalue weighted by Gasteiger charge is -2.24. The first kappa shape index (κ1) is 13.4. The number of nitrogens with one attached hydrogen (secondary N) is 1. The van der Waals surface area contributed by atoms with Crippen molar-refractivity contribution >= 4 is 17.4 Å². The van der Waals surface area contributed by atoms with Crippen LogP contribution in [0, 0.1) is 5.92 Å². The van der Waals surface area contributed by atoms with Crippen molar-refractivity contribution in [3.8, 4) is 0 Å². The summed E-state index contributed by atoms with van der Waals surface area (Å²) in [6.45, 7) is 0. The van der Waals surface area contributed by atoms with E-state index in [2.05, 4.69) is 34.7 Å². The van der Waals surface area contributed by atoms with E-state index in [1.54, 1.807) is 6.20 Å². The Kier molecular flexibility index (Phi) is 3.61. The molecule has 0 saturated carbocycles. The average molecular weight is 289 g/mol. The quantitative estimate of drug-likeness (QED) is 0.598. The predicted octanol–water partition coefficient (Wildman–Crippen LogP) is 2.24. The lowest BCUT2D eigenvalue weighted by Crippen LogP contribution is -2.34. The van der Waals surface area contributed by atoms with Gasteiger partial charge in [-0.3, -0.25) is 11.3 Å². The molecular formula is C15H17ClN4. The van der Waals surface area contributed by atoms with Gasteiger partial charge in [-0.05, 0) is 36.0 Å². The molecule has 20 heavy (non-hydrogen) atoms. The van der Waals surface area contributed by atoms with E-state index in [0.29, 0.717) is 16.8 Å². The molecule has 0 aliphatic heterocycles. The highest BCUT2D eigenvalue weighted by Crippen LogP contribution is 2.36. The van der Waals surface area contributed by atoms with Crippen LogP contribution in [-0.2, 0) is 12.8 Å². The fourth-order valence-electron chi connectivity index (χ4n) is 3.02. The maximum Gasteiger partial charge on any atom is 0.128 e. The fourth-order valence-corrected chi connectivity index (χ4v) is 3.19. The Hall–Kier alpha value is -1.62. The number of hydrazine groups is 1. The number of rotatable bonds is 3. The minimum absolute atomic E-state index is 0.0476. The summed E-state index contributed by atoms with van der Waals surface area (Å²) in [6, 6.07) is 10.3. The number of nitrogens with two attached hydrogens (primary N) is 2. The molecule has 5 heteroatoms. The van der Waals surface area contributed by atoms with Gasteiger partial charge in [0.15, 0.2) is 0 Å². The van der Waals surface area contributed by atoms with Gasteiger partial charge in [0.05, 0.1) is 11.1 Å². The van der Waals surface area contributed by atoms with Crippen molar-refractivity contribution in [2.24, 2.45) is 11.8 Å². The van der Waals surface area contributed by atoms with Gasteiger partial charge in [0, 0.05) is 11.8 Å². The molecule has 1 aromatic heterocycles. The van der Waals surface area contributed by atoms with E-state index in [9.17, 15) is 0 Å². The standard InChI is InChI=1S/C15H17ClN4/c16-12-7-13(15(17)19-8-12)14(20-18)11-5-9-3-1-2-4-10(9)6-11/h1-4,7-8,11,14,20H,5-6,18H2,(H2,17,19). The minimum Gasteiger partial charge on any atom is -0.383 e. The Morgan fingerprint density at radius 1 is 1.25 bits per heavy atom. The molecule has 4 nitrogen and oxygen atoms in total. The average Bonchev–Trinajstić information content (AvgIpc) is 2.87. The SMILES string of the molecule is NNC(c1cc(Cl)cnc1N)C1Cc2ccccc2C1. The summed E-state index contributed by atoms with van der Waals surface area (Å²) in [5.41, 5.74) is 12.5. The van der Waals surface area contributed by atoms with Crippen LogP contribution in [0.4, 0.5) is 5.82 Å². The predicted molar refractivity (Wildman–Crippen MR) is 81.1 cm³/mol. The molecule has 1 aliphatic carbocycles.